The lowest BCUT2D eigenvalue weighted by Crippen LogP contribution is -2.43. The van der Waals surface area contributed by atoms with Crippen molar-refractivity contribution >= 4 is 23.1 Å². The summed E-state index contributed by atoms with van der Waals surface area (Å²) >= 11 is 0. The molecule has 0 atom stereocenters. The van der Waals surface area contributed by atoms with Gasteiger partial charge in [-0.25, -0.2) is 9.97 Å². The number of benzene rings is 1. The van der Waals surface area contributed by atoms with Crippen LogP contribution in [0.15, 0.2) is 30.6 Å². The van der Waals surface area contributed by atoms with Crippen LogP contribution in [-0.4, -0.2) is 42.1 Å². The standard InChI is InChI=1S/C16H20N6O/c1-11-2-3-12(13(10-11)22-8-6-18-7-9-22)21-16(23)14-15(17)20-5-4-19-14/h2-5,10,18H,6-9H2,1H3,(H2,17,20)(H,21,23). The number of piperazine rings is 1. The quantitative estimate of drug-likeness (QED) is 0.783. The van der Waals surface area contributed by atoms with E-state index in [2.05, 4.69) is 31.6 Å². The fourth-order valence-corrected chi connectivity index (χ4v) is 2.62. The van der Waals surface area contributed by atoms with Gasteiger partial charge in [0.2, 0.25) is 0 Å². The highest BCUT2D eigenvalue weighted by molar-refractivity contribution is 6.07. The van der Waals surface area contributed by atoms with Gasteiger partial charge in [-0.15, -0.1) is 0 Å². The minimum atomic E-state index is -0.351. The van der Waals surface area contributed by atoms with Gasteiger partial charge >= 0.3 is 0 Å². The minimum Gasteiger partial charge on any atom is -0.382 e. The number of nitrogens with two attached hydrogens (primary N) is 1. The molecule has 0 saturated carbocycles. The molecule has 7 nitrogen and oxygen atoms in total. The van der Waals surface area contributed by atoms with E-state index in [1.54, 1.807) is 0 Å². The normalized spacial score (nSPS) is 14.6. The summed E-state index contributed by atoms with van der Waals surface area (Å²) in [5.74, 6) is -0.225. The first kappa shape index (κ1) is 15.2. The van der Waals surface area contributed by atoms with Crippen LogP contribution in [0.3, 0.4) is 0 Å². The first-order valence-corrected chi connectivity index (χ1v) is 7.59. The highest BCUT2D eigenvalue weighted by Gasteiger charge is 2.18. The molecule has 2 aromatic rings. The molecule has 0 bridgehead atoms. The summed E-state index contributed by atoms with van der Waals surface area (Å²) in [5, 5.41) is 6.24. The number of aryl methyl sites for hydroxylation is 1. The Labute approximate surface area is 134 Å². The number of hydrogen-bond acceptors (Lipinski definition) is 6. The Bertz CT molecular complexity index is 711. The second-order valence-corrected chi connectivity index (χ2v) is 5.50. The van der Waals surface area contributed by atoms with Crippen molar-refractivity contribution in [1.29, 1.82) is 0 Å². The van der Waals surface area contributed by atoms with Crippen molar-refractivity contribution in [1.82, 2.24) is 15.3 Å². The van der Waals surface area contributed by atoms with E-state index in [1.165, 1.54) is 12.4 Å². The topological polar surface area (TPSA) is 96.2 Å². The zero-order valence-corrected chi connectivity index (χ0v) is 13.0. The van der Waals surface area contributed by atoms with Gasteiger partial charge in [0.05, 0.1) is 11.4 Å². The molecule has 1 amide bonds. The molecule has 2 heterocycles. The van der Waals surface area contributed by atoms with E-state index >= 15 is 0 Å². The highest BCUT2D eigenvalue weighted by atomic mass is 16.1. The predicted molar refractivity (Wildman–Crippen MR) is 90.7 cm³/mol. The number of nitrogens with one attached hydrogen (secondary N) is 2. The van der Waals surface area contributed by atoms with Crippen LogP contribution >= 0.6 is 0 Å². The van der Waals surface area contributed by atoms with Crippen LogP contribution in [0.1, 0.15) is 16.1 Å². The highest BCUT2D eigenvalue weighted by Crippen LogP contribution is 2.28. The van der Waals surface area contributed by atoms with Crippen LogP contribution in [0.25, 0.3) is 0 Å². The first-order valence-electron chi connectivity index (χ1n) is 7.59. The Morgan fingerprint density at radius 3 is 2.74 bits per heavy atom. The van der Waals surface area contributed by atoms with Gasteiger partial charge in [0.25, 0.3) is 5.91 Å². The number of nitrogen functional groups attached to an aromatic ring is 1. The lowest BCUT2D eigenvalue weighted by molar-refractivity contribution is 0.102. The van der Waals surface area contributed by atoms with E-state index in [4.69, 9.17) is 5.73 Å². The smallest absolute Gasteiger partial charge is 0.278 e. The summed E-state index contributed by atoms with van der Waals surface area (Å²) in [4.78, 5) is 22.6. The van der Waals surface area contributed by atoms with Crippen molar-refractivity contribution in [2.45, 2.75) is 6.92 Å². The maximum absolute atomic E-state index is 12.4. The molecule has 0 spiro atoms. The monoisotopic (exact) mass is 312 g/mol. The Morgan fingerprint density at radius 2 is 2.00 bits per heavy atom. The second-order valence-electron chi connectivity index (χ2n) is 5.50. The van der Waals surface area contributed by atoms with Crippen molar-refractivity contribution in [3.05, 3.63) is 41.9 Å². The van der Waals surface area contributed by atoms with Crippen molar-refractivity contribution in [2.75, 3.05) is 42.1 Å². The van der Waals surface area contributed by atoms with Crippen molar-refractivity contribution < 1.29 is 4.79 Å². The Hall–Kier alpha value is -2.67. The Morgan fingerprint density at radius 1 is 1.26 bits per heavy atom. The third-order valence-electron chi connectivity index (χ3n) is 3.80. The average molecular weight is 312 g/mol. The molecule has 120 valence electrons. The molecule has 1 aromatic carbocycles. The van der Waals surface area contributed by atoms with Crippen LogP contribution in [-0.2, 0) is 0 Å². The van der Waals surface area contributed by atoms with E-state index in [-0.39, 0.29) is 17.4 Å². The number of rotatable bonds is 3. The number of nitrogens with zero attached hydrogens (tertiary/aromatic N) is 3. The number of aromatic nitrogens is 2. The van der Waals surface area contributed by atoms with Gasteiger partial charge in [-0.2, -0.15) is 0 Å². The largest absolute Gasteiger partial charge is 0.382 e. The molecule has 3 rings (SSSR count). The molecule has 7 heteroatoms. The fraction of sp³-hybridized carbons (Fsp3) is 0.312. The van der Waals surface area contributed by atoms with Gasteiger partial charge in [0.1, 0.15) is 0 Å². The second kappa shape index (κ2) is 6.62. The van der Waals surface area contributed by atoms with Crippen molar-refractivity contribution in [3.8, 4) is 0 Å². The molecule has 1 aliphatic rings. The first-order chi connectivity index (χ1) is 11.1. The SMILES string of the molecule is Cc1ccc(NC(=O)c2nccnc2N)c(N2CCNCC2)c1. The lowest BCUT2D eigenvalue weighted by atomic mass is 10.1. The summed E-state index contributed by atoms with van der Waals surface area (Å²) in [5.41, 5.74) is 8.79. The zero-order chi connectivity index (χ0) is 16.2. The van der Waals surface area contributed by atoms with Crippen molar-refractivity contribution in [3.63, 3.8) is 0 Å². The lowest BCUT2D eigenvalue weighted by Gasteiger charge is -2.31. The third kappa shape index (κ3) is 3.40. The van der Waals surface area contributed by atoms with Crippen molar-refractivity contribution in [2.24, 2.45) is 0 Å². The maximum Gasteiger partial charge on any atom is 0.278 e. The summed E-state index contributed by atoms with van der Waals surface area (Å²) < 4.78 is 0. The Balaban J connectivity index is 1.87. The molecule has 0 unspecified atom stereocenters. The van der Waals surface area contributed by atoms with Crippen LogP contribution in [0.2, 0.25) is 0 Å². The summed E-state index contributed by atoms with van der Waals surface area (Å²) in [7, 11) is 0. The molecule has 1 aromatic heterocycles. The van der Waals surface area contributed by atoms with Gasteiger partial charge < -0.3 is 21.3 Å². The molecular formula is C16H20N6O. The van der Waals surface area contributed by atoms with Crippen LogP contribution in [0, 0.1) is 6.92 Å². The third-order valence-corrected chi connectivity index (χ3v) is 3.80. The number of hydrogen-bond donors (Lipinski definition) is 3. The van der Waals surface area contributed by atoms with Gasteiger partial charge in [-0.1, -0.05) is 6.07 Å². The number of amides is 1. The van der Waals surface area contributed by atoms with E-state index in [9.17, 15) is 4.79 Å². The van der Waals surface area contributed by atoms with E-state index in [1.807, 2.05) is 19.1 Å². The van der Waals surface area contributed by atoms with Gasteiger partial charge in [0.15, 0.2) is 11.5 Å². The van der Waals surface area contributed by atoms with Crippen LogP contribution < -0.4 is 21.3 Å². The van der Waals surface area contributed by atoms with Gasteiger partial charge in [-0.05, 0) is 24.6 Å². The molecule has 4 N–H and O–H groups in total. The van der Waals surface area contributed by atoms with Crippen LogP contribution in [0.4, 0.5) is 17.2 Å². The van der Waals surface area contributed by atoms with E-state index in [0.29, 0.717) is 0 Å². The summed E-state index contributed by atoms with van der Waals surface area (Å²) in [6.07, 6.45) is 2.92. The molecule has 0 radical (unpaired) electrons. The van der Waals surface area contributed by atoms with Gasteiger partial charge in [-0.3, -0.25) is 4.79 Å². The predicted octanol–water partition coefficient (Wildman–Crippen LogP) is 1.03. The van der Waals surface area contributed by atoms with E-state index in [0.717, 1.165) is 43.1 Å². The maximum atomic E-state index is 12.4. The zero-order valence-electron chi connectivity index (χ0n) is 13.0. The minimum absolute atomic E-state index is 0.126. The molecule has 0 aliphatic carbocycles. The number of carbonyl (C=O) groups excluding carboxylic acids is 1. The molecule has 1 aliphatic heterocycles. The number of anilines is 3. The fourth-order valence-electron chi connectivity index (χ4n) is 2.62. The summed E-state index contributed by atoms with van der Waals surface area (Å²) in [6, 6.07) is 5.97. The molecule has 23 heavy (non-hydrogen) atoms. The van der Waals surface area contributed by atoms with Crippen LogP contribution in [0.5, 0.6) is 0 Å². The Kier molecular flexibility index (Phi) is 4.38. The summed E-state index contributed by atoms with van der Waals surface area (Å²) in [6.45, 7) is 5.70. The van der Waals surface area contributed by atoms with E-state index < -0.39 is 0 Å². The van der Waals surface area contributed by atoms with Gasteiger partial charge in [0, 0.05) is 38.6 Å². The average Bonchev–Trinajstić information content (AvgIpc) is 2.57. The number of carbonyl (C=O) groups is 1. The molecule has 1 fully saturated rings. The molecular weight excluding hydrogens is 292 g/mol. The molecule has 1 saturated heterocycles.